The molecule has 0 spiro atoms. The molecule has 2 aromatic rings. The van der Waals surface area contributed by atoms with E-state index in [0.29, 0.717) is 25.9 Å². The number of carbonyl (C=O) groups is 1. The highest BCUT2D eigenvalue weighted by Gasteiger charge is 2.33. The van der Waals surface area contributed by atoms with Gasteiger partial charge in [0, 0.05) is 19.6 Å². The van der Waals surface area contributed by atoms with Crippen molar-refractivity contribution in [2.24, 2.45) is 5.92 Å². The quantitative estimate of drug-likeness (QED) is 0.653. The molecule has 6 nitrogen and oxygen atoms in total. The second-order valence-electron chi connectivity index (χ2n) is 7.72. The molecule has 1 heterocycles. The third-order valence-corrected chi connectivity index (χ3v) is 7.41. The average Bonchev–Trinajstić information content (AvgIpc) is 2.77. The molecule has 1 amide bonds. The Bertz CT molecular complexity index is 957. The van der Waals surface area contributed by atoms with Crippen molar-refractivity contribution in [3.63, 3.8) is 0 Å². The smallest absolute Gasteiger partial charge is 0.243 e. The lowest BCUT2D eigenvalue weighted by Crippen LogP contribution is -2.45. The van der Waals surface area contributed by atoms with Gasteiger partial charge in [0.1, 0.15) is 5.75 Å². The lowest BCUT2D eigenvalue weighted by Gasteiger charge is -2.31. The number of benzene rings is 2. The van der Waals surface area contributed by atoms with E-state index in [2.05, 4.69) is 5.32 Å². The van der Waals surface area contributed by atoms with Crippen LogP contribution in [0, 0.1) is 12.8 Å². The van der Waals surface area contributed by atoms with E-state index in [9.17, 15) is 13.2 Å². The van der Waals surface area contributed by atoms with E-state index >= 15 is 0 Å². The van der Waals surface area contributed by atoms with Gasteiger partial charge in [-0.15, -0.1) is 0 Å². The van der Waals surface area contributed by atoms with E-state index in [1.54, 1.807) is 31.4 Å². The van der Waals surface area contributed by atoms with Crippen molar-refractivity contribution in [3.05, 3.63) is 59.7 Å². The van der Waals surface area contributed by atoms with Crippen molar-refractivity contribution in [1.29, 1.82) is 0 Å². The summed E-state index contributed by atoms with van der Waals surface area (Å²) >= 11 is 0. The minimum absolute atomic E-state index is 0.0705. The van der Waals surface area contributed by atoms with Gasteiger partial charge in [-0.3, -0.25) is 4.79 Å². The number of hydrogen-bond donors (Lipinski definition) is 1. The number of piperidine rings is 1. The molecule has 0 radical (unpaired) electrons. The first-order valence-electron chi connectivity index (χ1n) is 10.4. The molecular formula is C23H30N2O4S. The standard InChI is InChI=1S/C23H30N2O4S/c1-18-11-13-21(14-12-18)30(27,28)25-16-6-9-20(17-25)23(26)24-15-5-8-19-7-3-4-10-22(19)29-2/h3-4,7,10-14,20H,5-6,8-9,15-17H2,1-2H3,(H,24,26)/t20-/m0/s1. The zero-order valence-corrected chi connectivity index (χ0v) is 18.5. The Morgan fingerprint density at radius 2 is 1.90 bits per heavy atom. The number of para-hydroxylation sites is 1. The highest BCUT2D eigenvalue weighted by atomic mass is 32.2. The number of hydrogen-bond acceptors (Lipinski definition) is 4. The first kappa shape index (κ1) is 22.3. The highest BCUT2D eigenvalue weighted by Crippen LogP contribution is 2.24. The summed E-state index contributed by atoms with van der Waals surface area (Å²) in [5.41, 5.74) is 2.13. The van der Waals surface area contributed by atoms with E-state index in [-0.39, 0.29) is 23.3 Å². The minimum Gasteiger partial charge on any atom is -0.496 e. The normalized spacial score (nSPS) is 17.5. The van der Waals surface area contributed by atoms with Crippen LogP contribution in [0.25, 0.3) is 0 Å². The maximum absolute atomic E-state index is 12.9. The Morgan fingerprint density at radius 3 is 2.63 bits per heavy atom. The molecule has 1 aliphatic heterocycles. The molecule has 0 aromatic heterocycles. The molecule has 0 saturated carbocycles. The minimum atomic E-state index is -3.57. The molecule has 162 valence electrons. The second-order valence-corrected chi connectivity index (χ2v) is 9.66. The van der Waals surface area contributed by atoms with Gasteiger partial charge in [-0.2, -0.15) is 4.31 Å². The largest absolute Gasteiger partial charge is 0.496 e. The summed E-state index contributed by atoms with van der Waals surface area (Å²) in [6, 6.07) is 14.7. The zero-order valence-electron chi connectivity index (χ0n) is 17.6. The fourth-order valence-corrected chi connectivity index (χ4v) is 5.30. The predicted molar refractivity (Wildman–Crippen MR) is 117 cm³/mol. The van der Waals surface area contributed by atoms with Crippen LogP contribution in [0.3, 0.4) is 0 Å². The van der Waals surface area contributed by atoms with Gasteiger partial charge >= 0.3 is 0 Å². The molecule has 1 atom stereocenters. The van der Waals surface area contributed by atoms with Crippen LogP contribution in [0.2, 0.25) is 0 Å². The van der Waals surface area contributed by atoms with E-state index in [4.69, 9.17) is 4.74 Å². The van der Waals surface area contributed by atoms with Crippen LogP contribution in [-0.2, 0) is 21.2 Å². The number of sulfonamides is 1. The third-order valence-electron chi connectivity index (χ3n) is 5.53. The first-order chi connectivity index (χ1) is 14.4. The molecule has 1 fully saturated rings. The Morgan fingerprint density at radius 1 is 1.17 bits per heavy atom. The number of ether oxygens (including phenoxy) is 1. The molecule has 0 bridgehead atoms. The predicted octanol–water partition coefficient (Wildman–Crippen LogP) is 3.15. The summed E-state index contributed by atoms with van der Waals surface area (Å²) in [6.07, 6.45) is 3.00. The van der Waals surface area contributed by atoms with Gasteiger partial charge in [0.05, 0.1) is 17.9 Å². The number of aryl methyl sites for hydroxylation is 2. The van der Waals surface area contributed by atoms with Crippen LogP contribution in [0.5, 0.6) is 5.75 Å². The van der Waals surface area contributed by atoms with Gasteiger partial charge < -0.3 is 10.1 Å². The van der Waals surface area contributed by atoms with Gasteiger partial charge in [-0.25, -0.2) is 8.42 Å². The lowest BCUT2D eigenvalue weighted by atomic mass is 9.99. The van der Waals surface area contributed by atoms with Gasteiger partial charge in [-0.1, -0.05) is 35.9 Å². The van der Waals surface area contributed by atoms with Crippen LogP contribution in [0.15, 0.2) is 53.4 Å². The summed E-state index contributed by atoms with van der Waals surface area (Å²) in [4.78, 5) is 12.9. The Kier molecular flexibility index (Phi) is 7.50. The molecule has 1 N–H and O–H groups in total. The molecule has 1 aliphatic rings. The maximum atomic E-state index is 12.9. The third kappa shape index (κ3) is 5.40. The molecule has 0 aliphatic carbocycles. The summed E-state index contributed by atoms with van der Waals surface area (Å²) in [6.45, 7) is 3.16. The van der Waals surface area contributed by atoms with Crippen LogP contribution >= 0.6 is 0 Å². The molecule has 7 heteroatoms. The van der Waals surface area contributed by atoms with Crippen LogP contribution < -0.4 is 10.1 Å². The zero-order chi connectivity index (χ0) is 21.6. The Hall–Kier alpha value is -2.38. The second kappa shape index (κ2) is 10.1. The number of methoxy groups -OCH3 is 1. The van der Waals surface area contributed by atoms with E-state index in [0.717, 1.165) is 29.7 Å². The number of amides is 1. The van der Waals surface area contributed by atoms with E-state index in [1.807, 2.05) is 31.2 Å². The fourth-order valence-electron chi connectivity index (χ4n) is 3.78. The number of rotatable bonds is 8. The topological polar surface area (TPSA) is 75.7 Å². The van der Waals surface area contributed by atoms with Crippen molar-refractivity contribution in [2.75, 3.05) is 26.7 Å². The van der Waals surface area contributed by atoms with E-state index in [1.165, 1.54) is 4.31 Å². The summed E-state index contributed by atoms with van der Waals surface area (Å²) < 4.78 is 32.7. The van der Waals surface area contributed by atoms with Gasteiger partial charge in [-0.05, 0) is 56.4 Å². The van der Waals surface area contributed by atoms with Crippen molar-refractivity contribution in [3.8, 4) is 5.75 Å². The fraction of sp³-hybridized carbons (Fsp3) is 0.435. The number of nitrogens with one attached hydrogen (secondary N) is 1. The maximum Gasteiger partial charge on any atom is 0.243 e. The van der Waals surface area contributed by atoms with Crippen molar-refractivity contribution in [1.82, 2.24) is 9.62 Å². The van der Waals surface area contributed by atoms with Crippen LogP contribution in [0.4, 0.5) is 0 Å². The first-order valence-corrected chi connectivity index (χ1v) is 11.8. The van der Waals surface area contributed by atoms with Gasteiger partial charge in [0.2, 0.25) is 15.9 Å². The lowest BCUT2D eigenvalue weighted by molar-refractivity contribution is -0.126. The summed E-state index contributed by atoms with van der Waals surface area (Å²) in [5, 5.41) is 2.98. The van der Waals surface area contributed by atoms with Crippen molar-refractivity contribution in [2.45, 2.75) is 37.5 Å². The molecule has 1 saturated heterocycles. The average molecular weight is 431 g/mol. The SMILES string of the molecule is COc1ccccc1CCCNC(=O)[C@H]1CCCN(S(=O)(=O)c2ccc(C)cc2)C1. The van der Waals surface area contributed by atoms with Gasteiger partial charge in [0.15, 0.2) is 0 Å². The number of nitrogens with zero attached hydrogens (tertiary/aromatic N) is 1. The van der Waals surface area contributed by atoms with Crippen LogP contribution in [0.1, 0.15) is 30.4 Å². The number of carbonyl (C=O) groups excluding carboxylic acids is 1. The van der Waals surface area contributed by atoms with Crippen molar-refractivity contribution >= 4 is 15.9 Å². The van der Waals surface area contributed by atoms with E-state index < -0.39 is 10.0 Å². The molecule has 2 aromatic carbocycles. The molecule has 3 rings (SSSR count). The summed E-state index contributed by atoms with van der Waals surface area (Å²) in [5.74, 6) is 0.470. The Labute approximate surface area is 179 Å². The molecular weight excluding hydrogens is 400 g/mol. The summed E-state index contributed by atoms with van der Waals surface area (Å²) in [7, 11) is -1.92. The Balaban J connectivity index is 1.52. The van der Waals surface area contributed by atoms with Crippen LogP contribution in [-0.4, -0.2) is 45.4 Å². The van der Waals surface area contributed by atoms with Crippen molar-refractivity contribution < 1.29 is 17.9 Å². The molecule has 0 unspecified atom stereocenters. The highest BCUT2D eigenvalue weighted by molar-refractivity contribution is 7.89. The van der Waals surface area contributed by atoms with Gasteiger partial charge in [0.25, 0.3) is 0 Å². The molecule has 30 heavy (non-hydrogen) atoms. The monoisotopic (exact) mass is 430 g/mol.